The van der Waals surface area contributed by atoms with E-state index in [2.05, 4.69) is 32.2 Å². The van der Waals surface area contributed by atoms with Crippen LogP contribution in [0.25, 0.3) is 0 Å². The van der Waals surface area contributed by atoms with Crippen LogP contribution in [0.4, 0.5) is 0 Å². The highest BCUT2D eigenvalue weighted by molar-refractivity contribution is 5.72. The van der Waals surface area contributed by atoms with Crippen molar-refractivity contribution in [2.45, 2.75) is 40.5 Å². The molecule has 14 heavy (non-hydrogen) atoms. The minimum absolute atomic E-state index is 0.0687. The van der Waals surface area contributed by atoms with Gasteiger partial charge >= 0.3 is 0 Å². The second-order valence-electron chi connectivity index (χ2n) is 4.97. The number of allylic oxidation sites excluding steroid dienone is 1. The van der Waals surface area contributed by atoms with Crippen molar-refractivity contribution in [1.29, 1.82) is 0 Å². The van der Waals surface area contributed by atoms with Gasteiger partial charge in [-0.2, -0.15) is 0 Å². The molecule has 1 rings (SSSR count). The van der Waals surface area contributed by atoms with Gasteiger partial charge in [-0.05, 0) is 25.2 Å². The Bertz CT molecular complexity index is 253. The van der Waals surface area contributed by atoms with Crippen LogP contribution in [0.15, 0.2) is 11.6 Å². The van der Waals surface area contributed by atoms with Gasteiger partial charge in [0.05, 0.1) is 0 Å². The van der Waals surface area contributed by atoms with Gasteiger partial charge in [-0.15, -0.1) is 0 Å². The van der Waals surface area contributed by atoms with E-state index in [1.807, 2.05) is 0 Å². The number of carbonyl (C=O) groups excluding carboxylic acids is 1. The Morgan fingerprint density at radius 2 is 2.29 bits per heavy atom. The highest BCUT2D eigenvalue weighted by Crippen LogP contribution is 2.40. The Morgan fingerprint density at radius 1 is 1.64 bits per heavy atom. The Morgan fingerprint density at radius 3 is 2.79 bits per heavy atom. The summed E-state index contributed by atoms with van der Waals surface area (Å²) in [5, 5.41) is 2.92. The first-order chi connectivity index (χ1) is 6.43. The Labute approximate surface area is 86.8 Å². The molecule has 0 aromatic carbocycles. The molecule has 1 atom stereocenters. The predicted octanol–water partition coefficient (Wildman–Crippen LogP) is 2.51. The summed E-state index contributed by atoms with van der Waals surface area (Å²) < 4.78 is 0. The van der Waals surface area contributed by atoms with E-state index < -0.39 is 0 Å². The Balaban J connectivity index is 2.66. The summed E-state index contributed by atoms with van der Waals surface area (Å²) in [6.07, 6.45) is 4.70. The van der Waals surface area contributed by atoms with Crippen molar-refractivity contribution < 1.29 is 4.79 Å². The smallest absolute Gasteiger partial charge is 0.216 e. The summed E-state index contributed by atoms with van der Waals surface area (Å²) in [5.74, 6) is 0.569. The molecule has 0 aromatic heterocycles. The maximum Gasteiger partial charge on any atom is 0.216 e. The first-order valence-electron chi connectivity index (χ1n) is 5.34. The third kappa shape index (κ3) is 2.60. The first kappa shape index (κ1) is 11.3. The van der Waals surface area contributed by atoms with Crippen LogP contribution >= 0.6 is 0 Å². The van der Waals surface area contributed by atoms with E-state index >= 15 is 0 Å². The number of hydrogen-bond acceptors (Lipinski definition) is 1. The van der Waals surface area contributed by atoms with Crippen molar-refractivity contribution in [1.82, 2.24) is 5.32 Å². The van der Waals surface area contributed by atoms with Crippen LogP contribution in [-0.2, 0) is 4.79 Å². The van der Waals surface area contributed by atoms with E-state index in [4.69, 9.17) is 0 Å². The molecule has 1 unspecified atom stereocenters. The average Bonchev–Trinajstić information content (AvgIpc) is 2.01. The molecule has 0 bridgehead atoms. The lowest BCUT2D eigenvalue weighted by Crippen LogP contribution is -2.37. The number of hydrogen-bond donors (Lipinski definition) is 1. The zero-order valence-corrected chi connectivity index (χ0v) is 9.68. The maximum absolute atomic E-state index is 10.9. The van der Waals surface area contributed by atoms with Gasteiger partial charge in [0, 0.05) is 19.4 Å². The van der Waals surface area contributed by atoms with Crippen LogP contribution in [0.5, 0.6) is 0 Å². The summed E-state index contributed by atoms with van der Waals surface area (Å²) >= 11 is 0. The summed E-state index contributed by atoms with van der Waals surface area (Å²) in [6.45, 7) is 9.11. The van der Waals surface area contributed by atoms with E-state index in [1.165, 1.54) is 18.4 Å². The maximum atomic E-state index is 10.9. The molecule has 2 nitrogen and oxygen atoms in total. The average molecular weight is 195 g/mol. The van der Waals surface area contributed by atoms with Crippen LogP contribution in [-0.4, -0.2) is 12.5 Å². The van der Waals surface area contributed by atoms with E-state index in [9.17, 15) is 4.79 Å². The molecule has 0 heterocycles. The van der Waals surface area contributed by atoms with Crippen molar-refractivity contribution in [3.63, 3.8) is 0 Å². The Kier molecular flexibility index (Phi) is 3.35. The van der Waals surface area contributed by atoms with Crippen LogP contribution in [0.3, 0.4) is 0 Å². The molecule has 1 amide bonds. The lowest BCUT2D eigenvalue weighted by molar-refractivity contribution is -0.119. The summed E-state index contributed by atoms with van der Waals surface area (Å²) in [4.78, 5) is 10.9. The number of rotatable bonds is 2. The topological polar surface area (TPSA) is 29.1 Å². The van der Waals surface area contributed by atoms with Gasteiger partial charge in [0.25, 0.3) is 0 Å². The van der Waals surface area contributed by atoms with Crippen molar-refractivity contribution in [3.8, 4) is 0 Å². The highest BCUT2D eigenvalue weighted by atomic mass is 16.1. The zero-order valence-electron chi connectivity index (χ0n) is 9.68. The molecular weight excluding hydrogens is 174 g/mol. The number of nitrogens with one attached hydrogen (secondary N) is 1. The molecule has 0 spiro atoms. The molecular formula is C12H21NO. The van der Waals surface area contributed by atoms with E-state index in [0.717, 1.165) is 6.54 Å². The molecule has 2 heteroatoms. The van der Waals surface area contributed by atoms with E-state index in [-0.39, 0.29) is 5.91 Å². The fraction of sp³-hybridized carbons (Fsp3) is 0.750. The van der Waals surface area contributed by atoms with Crippen molar-refractivity contribution in [3.05, 3.63) is 11.6 Å². The van der Waals surface area contributed by atoms with Gasteiger partial charge in [-0.1, -0.05) is 25.5 Å². The number of amides is 1. The molecule has 0 aromatic rings. The first-order valence-corrected chi connectivity index (χ1v) is 5.34. The summed E-state index contributed by atoms with van der Waals surface area (Å²) in [7, 11) is 0. The molecule has 80 valence electrons. The van der Waals surface area contributed by atoms with Crippen LogP contribution < -0.4 is 5.32 Å². The van der Waals surface area contributed by atoms with Crippen LogP contribution in [0.2, 0.25) is 0 Å². The number of carbonyl (C=O) groups is 1. The molecule has 0 saturated heterocycles. The van der Waals surface area contributed by atoms with Crippen LogP contribution in [0, 0.1) is 11.3 Å². The van der Waals surface area contributed by atoms with Gasteiger partial charge in [0.1, 0.15) is 0 Å². The van der Waals surface area contributed by atoms with Crippen molar-refractivity contribution >= 4 is 5.91 Å². The van der Waals surface area contributed by atoms with Gasteiger partial charge in [-0.25, -0.2) is 0 Å². The van der Waals surface area contributed by atoms with E-state index in [0.29, 0.717) is 11.3 Å². The highest BCUT2D eigenvalue weighted by Gasteiger charge is 2.32. The lowest BCUT2D eigenvalue weighted by Gasteiger charge is -2.38. The quantitative estimate of drug-likeness (QED) is 0.674. The predicted molar refractivity (Wildman–Crippen MR) is 58.9 cm³/mol. The molecule has 0 aliphatic heterocycles. The molecule has 0 fully saturated rings. The van der Waals surface area contributed by atoms with Gasteiger partial charge in [-0.3, -0.25) is 4.79 Å². The van der Waals surface area contributed by atoms with Gasteiger partial charge in [0.2, 0.25) is 5.91 Å². The molecule has 1 N–H and O–H groups in total. The largest absolute Gasteiger partial charge is 0.356 e. The van der Waals surface area contributed by atoms with Crippen molar-refractivity contribution in [2.24, 2.45) is 11.3 Å². The van der Waals surface area contributed by atoms with E-state index in [1.54, 1.807) is 6.92 Å². The second-order valence-corrected chi connectivity index (χ2v) is 4.97. The fourth-order valence-electron chi connectivity index (χ4n) is 2.29. The van der Waals surface area contributed by atoms with Gasteiger partial charge in [0.15, 0.2) is 0 Å². The summed E-state index contributed by atoms with van der Waals surface area (Å²) in [5.41, 5.74) is 1.75. The monoisotopic (exact) mass is 195 g/mol. The normalized spacial score (nSPS) is 25.4. The second kappa shape index (κ2) is 4.16. The van der Waals surface area contributed by atoms with Crippen LogP contribution in [0.1, 0.15) is 40.5 Å². The van der Waals surface area contributed by atoms with Gasteiger partial charge < -0.3 is 5.32 Å². The molecule has 1 aliphatic rings. The third-order valence-electron chi connectivity index (χ3n) is 3.30. The molecule has 1 aliphatic carbocycles. The molecule has 0 radical (unpaired) electrons. The SMILES string of the molecule is CC(=O)NCC1C(C)=CCCC1(C)C. The Hall–Kier alpha value is -0.790. The standard InChI is InChI=1S/C12H21NO/c1-9-6-5-7-12(3,4)11(9)8-13-10(2)14/h6,11H,5,7-8H2,1-4H3,(H,13,14). The third-order valence-corrected chi connectivity index (χ3v) is 3.30. The minimum Gasteiger partial charge on any atom is -0.356 e. The summed E-state index contributed by atoms with van der Waals surface area (Å²) in [6, 6.07) is 0. The lowest BCUT2D eigenvalue weighted by atomic mass is 9.68. The fourth-order valence-corrected chi connectivity index (χ4v) is 2.29. The van der Waals surface area contributed by atoms with Crippen molar-refractivity contribution in [2.75, 3.05) is 6.54 Å². The zero-order chi connectivity index (χ0) is 10.8. The minimum atomic E-state index is 0.0687. The molecule has 0 saturated carbocycles.